The van der Waals surface area contributed by atoms with Gasteiger partial charge in [-0.2, -0.15) is 5.26 Å². The van der Waals surface area contributed by atoms with Gasteiger partial charge < -0.3 is 14.8 Å². The Bertz CT molecular complexity index is 803. The molecule has 0 saturated heterocycles. The van der Waals surface area contributed by atoms with Crippen molar-refractivity contribution in [2.24, 2.45) is 0 Å². The van der Waals surface area contributed by atoms with Gasteiger partial charge in [0.2, 0.25) is 0 Å². The van der Waals surface area contributed by atoms with Crippen LogP contribution in [0, 0.1) is 11.3 Å². The van der Waals surface area contributed by atoms with Crippen LogP contribution >= 0.6 is 23.2 Å². The van der Waals surface area contributed by atoms with Crippen LogP contribution in [-0.4, -0.2) is 19.1 Å². The summed E-state index contributed by atoms with van der Waals surface area (Å²) in [5.74, 6) is 0.105. The van der Waals surface area contributed by atoms with Crippen LogP contribution in [0.2, 0.25) is 10.0 Å². The highest BCUT2D eigenvalue weighted by molar-refractivity contribution is 6.32. The van der Waals surface area contributed by atoms with E-state index in [9.17, 15) is 4.79 Å². The second kappa shape index (κ2) is 7.91. The zero-order chi connectivity index (χ0) is 17.7. The first kappa shape index (κ1) is 17.9. The lowest BCUT2D eigenvalue weighted by atomic mass is 10.2. The van der Waals surface area contributed by atoms with Crippen molar-refractivity contribution in [1.29, 1.82) is 5.26 Å². The summed E-state index contributed by atoms with van der Waals surface area (Å²) in [5, 5.41) is 12.3. The van der Waals surface area contributed by atoms with Gasteiger partial charge in [0, 0.05) is 16.8 Å². The minimum absolute atomic E-state index is 0.188. The zero-order valence-electron chi connectivity index (χ0n) is 13.0. The molecule has 5 nitrogen and oxygen atoms in total. The van der Waals surface area contributed by atoms with E-state index in [4.69, 9.17) is 37.9 Å². The fourth-order valence-corrected chi connectivity index (χ4v) is 2.38. The average molecular weight is 365 g/mol. The average Bonchev–Trinajstić information content (AvgIpc) is 2.56. The van der Waals surface area contributed by atoms with Gasteiger partial charge in [-0.1, -0.05) is 29.3 Å². The first-order chi connectivity index (χ1) is 11.4. The summed E-state index contributed by atoms with van der Waals surface area (Å²) in [7, 11) is 1.43. The van der Waals surface area contributed by atoms with Gasteiger partial charge in [0.1, 0.15) is 0 Å². The first-order valence-electron chi connectivity index (χ1n) is 6.95. The Morgan fingerprint density at radius 1 is 1.29 bits per heavy atom. The molecule has 2 aromatic rings. The first-order valence-corrected chi connectivity index (χ1v) is 7.71. The quantitative estimate of drug-likeness (QED) is 0.859. The van der Waals surface area contributed by atoms with Crippen molar-refractivity contribution >= 4 is 34.8 Å². The summed E-state index contributed by atoms with van der Waals surface area (Å²) in [6.07, 6.45) is -0.844. The third kappa shape index (κ3) is 4.31. The summed E-state index contributed by atoms with van der Waals surface area (Å²) in [6.45, 7) is 1.58. The van der Waals surface area contributed by atoms with E-state index in [0.29, 0.717) is 16.3 Å². The Kier molecular flexibility index (Phi) is 5.91. The molecule has 24 heavy (non-hydrogen) atoms. The maximum absolute atomic E-state index is 12.2. The molecular weight excluding hydrogens is 351 g/mol. The molecule has 0 radical (unpaired) electrons. The number of ether oxygens (including phenoxy) is 2. The fourth-order valence-electron chi connectivity index (χ4n) is 1.94. The van der Waals surface area contributed by atoms with E-state index in [-0.39, 0.29) is 22.4 Å². The van der Waals surface area contributed by atoms with Crippen molar-refractivity contribution in [3.63, 3.8) is 0 Å². The molecule has 0 aliphatic heterocycles. The molecule has 1 atom stereocenters. The molecule has 0 fully saturated rings. The van der Waals surface area contributed by atoms with Crippen LogP contribution in [0.4, 0.5) is 5.69 Å². The summed E-state index contributed by atoms with van der Waals surface area (Å²) >= 11 is 12.0. The number of amides is 1. The molecule has 0 aliphatic rings. The molecule has 0 saturated carbocycles. The van der Waals surface area contributed by atoms with Gasteiger partial charge in [-0.25, -0.2) is 0 Å². The SMILES string of the molecule is COc1cc(C#N)cc(Cl)c1O[C@@H](C)C(=O)Nc1cccc(Cl)c1. The molecule has 0 spiro atoms. The summed E-state index contributed by atoms with van der Waals surface area (Å²) in [4.78, 5) is 12.2. The minimum Gasteiger partial charge on any atom is -0.493 e. The topological polar surface area (TPSA) is 71.3 Å². The van der Waals surface area contributed by atoms with Gasteiger partial charge in [-0.15, -0.1) is 0 Å². The van der Waals surface area contributed by atoms with Crippen molar-refractivity contribution in [3.8, 4) is 17.6 Å². The van der Waals surface area contributed by atoms with Crippen LogP contribution < -0.4 is 14.8 Å². The number of rotatable bonds is 5. The largest absolute Gasteiger partial charge is 0.493 e. The normalized spacial score (nSPS) is 11.3. The Labute approximate surface area is 149 Å². The summed E-state index contributed by atoms with van der Waals surface area (Å²) < 4.78 is 10.8. The van der Waals surface area contributed by atoms with Crippen LogP contribution in [0.15, 0.2) is 36.4 Å². The smallest absolute Gasteiger partial charge is 0.265 e. The Balaban J connectivity index is 2.16. The molecule has 0 aliphatic carbocycles. The van der Waals surface area contributed by atoms with E-state index in [1.54, 1.807) is 31.2 Å². The van der Waals surface area contributed by atoms with E-state index in [0.717, 1.165) is 0 Å². The van der Waals surface area contributed by atoms with E-state index in [1.807, 2.05) is 6.07 Å². The molecule has 1 amide bonds. The third-order valence-corrected chi connectivity index (χ3v) is 3.63. The van der Waals surface area contributed by atoms with Crippen molar-refractivity contribution in [1.82, 2.24) is 0 Å². The predicted molar refractivity (Wildman–Crippen MR) is 92.9 cm³/mol. The van der Waals surface area contributed by atoms with Gasteiger partial charge in [0.15, 0.2) is 17.6 Å². The minimum atomic E-state index is -0.844. The molecule has 7 heteroatoms. The maximum atomic E-state index is 12.2. The molecule has 2 rings (SSSR count). The zero-order valence-corrected chi connectivity index (χ0v) is 14.5. The number of nitrogens with zero attached hydrogens (tertiary/aromatic N) is 1. The van der Waals surface area contributed by atoms with Gasteiger partial charge in [0.25, 0.3) is 5.91 Å². The van der Waals surface area contributed by atoms with Crippen molar-refractivity contribution in [2.45, 2.75) is 13.0 Å². The number of anilines is 1. The van der Waals surface area contributed by atoms with Crippen LogP contribution in [-0.2, 0) is 4.79 Å². The number of nitriles is 1. The Morgan fingerprint density at radius 3 is 2.67 bits per heavy atom. The van der Waals surface area contributed by atoms with Gasteiger partial charge in [-0.05, 0) is 31.2 Å². The highest BCUT2D eigenvalue weighted by atomic mass is 35.5. The molecule has 0 aromatic heterocycles. The molecule has 2 aromatic carbocycles. The second-order valence-electron chi connectivity index (χ2n) is 4.86. The molecule has 0 bridgehead atoms. The van der Waals surface area contributed by atoms with Crippen molar-refractivity contribution in [2.75, 3.05) is 12.4 Å². The van der Waals surface area contributed by atoms with E-state index < -0.39 is 6.10 Å². The number of benzene rings is 2. The summed E-state index contributed by atoms with van der Waals surface area (Å²) in [6, 6.07) is 11.7. The number of carbonyl (C=O) groups excluding carboxylic acids is 1. The lowest BCUT2D eigenvalue weighted by molar-refractivity contribution is -0.122. The number of methoxy groups -OCH3 is 1. The monoisotopic (exact) mass is 364 g/mol. The van der Waals surface area contributed by atoms with Gasteiger partial charge >= 0.3 is 0 Å². The molecule has 124 valence electrons. The molecule has 1 N–H and O–H groups in total. The molecule has 0 unspecified atom stereocenters. The number of hydrogen-bond acceptors (Lipinski definition) is 4. The Morgan fingerprint density at radius 2 is 2.04 bits per heavy atom. The third-order valence-electron chi connectivity index (χ3n) is 3.11. The van der Waals surface area contributed by atoms with Crippen LogP contribution in [0.5, 0.6) is 11.5 Å². The van der Waals surface area contributed by atoms with Crippen LogP contribution in [0.1, 0.15) is 12.5 Å². The molecular formula is C17H14Cl2N2O3. The lowest BCUT2D eigenvalue weighted by Gasteiger charge is -2.18. The summed E-state index contributed by atoms with van der Waals surface area (Å²) in [5.41, 5.74) is 0.890. The second-order valence-corrected chi connectivity index (χ2v) is 5.70. The molecule has 0 heterocycles. The van der Waals surface area contributed by atoms with Crippen molar-refractivity contribution in [3.05, 3.63) is 52.0 Å². The van der Waals surface area contributed by atoms with E-state index in [1.165, 1.54) is 19.2 Å². The van der Waals surface area contributed by atoms with Crippen LogP contribution in [0.3, 0.4) is 0 Å². The highest BCUT2D eigenvalue weighted by Gasteiger charge is 2.20. The standard InChI is InChI=1S/C17H14Cl2N2O3/c1-10(17(22)21-13-5-3-4-12(18)8-13)24-16-14(19)6-11(9-20)7-15(16)23-2/h3-8,10H,1-2H3,(H,21,22)/t10-/m0/s1. The maximum Gasteiger partial charge on any atom is 0.265 e. The number of hydrogen-bond donors (Lipinski definition) is 1. The number of nitrogens with one attached hydrogen (secondary N) is 1. The Hall–Kier alpha value is -2.42. The van der Waals surface area contributed by atoms with Crippen LogP contribution in [0.25, 0.3) is 0 Å². The fraction of sp³-hybridized carbons (Fsp3) is 0.176. The highest BCUT2D eigenvalue weighted by Crippen LogP contribution is 2.37. The van der Waals surface area contributed by atoms with Crippen molar-refractivity contribution < 1.29 is 14.3 Å². The predicted octanol–water partition coefficient (Wildman–Crippen LogP) is 4.28. The number of halogens is 2. The van der Waals surface area contributed by atoms with E-state index in [2.05, 4.69) is 5.32 Å². The van der Waals surface area contributed by atoms with Gasteiger partial charge in [-0.3, -0.25) is 4.79 Å². The van der Waals surface area contributed by atoms with E-state index >= 15 is 0 Å². The lowest BCUT2D eigenvalue weighted by Crippen LogP contribution is -2.30. The van der Waals surface area contributed by atoms with Gasteiger partial charge in [0.05, 0.1) is 23.8 Å². The number of carbonyl (C=O) groups is 1.